The molecule has 2 aromatic carbocycles. The second-order valence-corrected chi connectivity index (χ2v) is 8.00. The highest BCUT2D eigenvalue weighted by Gasteiger charge is 2.37. The Morgan fingerprint density at radius 2 is 1.97 bits per heavy atom. The molecule has 4 rings (SSSR count). The summed E-state index contributed by atoms with van der Waals surface area (Å²) in [5, 5.41) is 4.02. The molecule has 1 aliphatic rings. The van der Waals surface area contributed by atoms with Crippen molar-refractivity contribution >= 4 is 5.91 Å². The van der Waals surface area contributed by atoms with Crippen LogP contribution in [0, 0.1) is 0 Å². The van der Waals surface area contributed by atoms with Crippen molar-refractivity contribution in [3.63, 3.8) is 0 Å². The summed E-state index contributed by atoms with van der Waals surface area (Å²) in [5.41, 5.74) is -0.0460. The summed E-state index contributed by atoms with van der Waals surface area (Å²) in [6, 6.07) is 10.5. The minimum atomic E-state index is -4.49. The van der Waals surface area contributed by atoms with Gasteiger partial charge >= 0.3 is 6.18 Å². The second-order valence-electron chi connectivity index (χ2n) is 8.00. The van der Waals surface area contributed by atoms with E-state index >= 15 is 0 Å². The summed E-state index contributed by atoms with van der Waals surface area (Å²) in [4.78, 5) is 18.4. The Kier molecular flexibility index (Phi) is 6.76. The number of hydrogen-bond donors (Lipinski definition) is 0. The molecule has 1 saturated heterocycles. The van der Waals surface area contributed by atoms with E-state index in [1.807, 2.05) is 6.92 Å². The van der Waals surface area contributed by atoms with Gasteiger partial charge in [0.1, 0.15) is 0 Å². The zero-order valence-electron chi connectivity index (χ0n) is 18.8. The van der Waals surface area contributed by atoms with Gasteiger partial charge in [-0.2, -0.15) is 18.2 Å². The van der Waals surface area contributed by atoms with Crippen LogP contribution in [-0.4, -0.2) is 41.2 Å². The molecule has 0 spiro atoms. The summed E-state index contributed by atoms with van der Waals surface area (Å²) in [6.07, 6.45) is -3.54. The average molecular weight is 475 g/mol. The van der Waals surface area contributed by atoms with Gasteiger partial charge in [-0.1, -0.05) is 30.3 Å². The molecule has 0 radical (unpaired) electrons. The van der Waals surface area contributed by atoms with Gasteiger partial charge in [-0.15, -0.1) is 0 Å². The minimum absolute atomic E-state index is 0.0488. The number of methoxy groups -OCH3 is 1. The quantitative estimate of drug-likeness (QED) is 0.453. The lowest BCUT2D eigenvalue weighted by atomic mass is 10.1. The van der Waals surface area contributed by atoms with Crippen molar-refractivity contribution < 1.29 is 32.0 Å². The van der Waals surface area contributed by atoms with Crippen LogP contribution in [0.1, 0.15) is 42.7 Å². The van der Waals surface area contributed by atoms with E-state index in [1.54, 1.807) is 18.2 Å². The lowest BCUT2D eigenvalue weighted by Gasteiger charge is -2.19. The van der Waals surface area contributed by atoms with Gasteiger partial charge in [0.2, 0.25) is 17.6 Å². The van der Waals surface area contributed by atoms with Crippen molar-refractivity contribution in [1.29, 1.82) is 0 Å². The summed E-state index contributed by atoms with van der Waals surface area (Å²) in [7, 11) is 1.54. The lowest BCUT2D eigenvalue weighted by Crippen LogP contribution is -2.26. The fraction of sp³-hybridized carbons (Fsp3) is 0.375. The number of hydrogen-bond acceptors (Lipinski definition) is 6. The normalized spacial score (nSPS) is 16.2. The predicted molar refractivity (Wildman–Crippen MR) is 116 cm³/mol. The van der Waals surface area contributed by atoms with Gasteiger partial charge in [0, 0.05) is 25.1 Å². The molecule has 180 valence electrons. The van der Waals surface area contributed by atoms with Gasteiger partial charge in [-0.05, 0) is 36.2 Å². The number of benzene rings is 2. The van der Waals surface area contributed by atoms with E-state index in [2.05, 4.69) is 10.1 Å². The minimum Gasteiger partial charge on any atom is -0.493 e. The molecule has 1 aromatic heterocycles. The zero-order valence-corrected chi connectivity index (χ0v) is 18.8. The van der Waals surface area contributed by atoms with Crippen LogP contribution in [0.2, 0.25) is 0 Å². The highest BCUT2D eigenvalue weighted by molar-refractivity contribution is 5.79. The van der Waals surface area contributed by atoms with E-state index in [-0.39, 0.29) is 36.9 Å². The van der Waals surface area contributed by atoms with Gasteiger partial charge in [0.25, 0.3) is 0 Å². The van der Waals surface area contributed by atoms with Gasteiger partial charge in [-0.3, -0.25) is 4.79 Å². The van der Waals surface area contributed by atoms with Crippen LogP contribution in [0.4, 0.5) is 13.2 Å². The molecule has 10 heteroatoms. The van der Waals surface area contributed by atoms with E-state index in [9.17, 15) is 18.0 Å². The van der Waals surface area contributed by atoms with E-state index in [0.717, 1.165) is 12.5 Å². The van der Waals surface area contributed by atoms with Crippen molar-refractivity contribution in [3.05, 3.63) is 59.5 Å². The molecule has 1 aliphatic heterocycles. The van der Waals surface area contributed by atoms with E-state index in [1.165, 1.54) is 30.2 Å². The number of likely N-dealkylation sites (tertiary alicyclic amines) is 1. The Labute approximate surface area is 194 Å². The summed E-state index contributed by atoms with van der Waals surface area (Å²) in [5.74, 6) is 1.06. The van der Waals surface area contributed by atoms with Crippen LogP contribution in [0.25, 0.3) is 11.4 Å². The van der Waals surface area contributed by atoms with Gasteiger partial charge in [-0.25, -0.2) is 0 Å². The van der Waals surface area contributed by atoms with Crippen LogP contribution in [-0.2, 0) is 17.5 Å². The van der Waals surface area contributed by atoms with Crippen LogP contribution < -0.4 is 9.47 Å². The van der Waals surface area contributed by atoms with Crippen molar-refractivity contribution in [2.45, 2.75) is 38.4 Å². The molecule has 34 heavy (non-hydrogen) atoms. The summed E-state index contributed by atoms with van der Waals surface area (Å²) >= 11 is 0. The first-order valence-corrected chi connectivity index (χ1v) is 10.9. The molecule has 0 N–H and O–H groups in total. The number of alkyl halides is 3. The Hall–Kier alpha value is -3.56. The summed E-state index contributed by atoms with van der Waals surface area (Å²) < 4.78 is 56.4. The van der Waals surface area contributed by atoms with Crippen LogP contribution in [0.15, 0.2) is 47.0 Å². The fourth-order valence-corrected chi connectivity index (χ4v) is 3.89. The van der Waals surface area contributed by atoms with Gasteiger partial charge in [0.15, 0.2) is 11.5 Å². The van der Waals surface area contributed by atoms with Gasteiger partial charge in [0.05, 0.1) is 25.2 Å². The van der Waals surface area contributed by atoms with E-state index in [4.69, 9.17) is 14.0 Å². The standard InChI is InChI=1S/C24H24F3N3O4/c1-3-10-33-19-9-8-15(11-20(19)32-2)22-28-23(34-29-22)17-12-21(31)30(14-17)13-16-6-4-5-7-18(16)24(25,26)27/h4-9,11,17H,3,10,12-14H2,1-2H3. The van der Waals surface area contributed by atoms with Crippen LogP contribution in [0.5, 0.6) is 11.5 Å². The van der Waals surface area contributed by atoms with Crippen molar-refractivity contribution in [2.75, 3.05) is 20.3 Å². The second kappa shape index (κ2) is 9.74. The number of carbonyl (C=O) groups is 1. The lowest BCUT2D eigenvalue weighted by molar-refractivity contribution is -0.139. The fourth-order valence-electron chi connectivity index (χ4n) is 3.89. The van der Waals surface area contributed by atoms with Crippen molar-refractivity contribution in [1.82, 2.24) is 15.0 Å². The molecule has 1 atom stereocenters. The summed E-state index contributed by atoms with van der Waals surface area (Å²) in [6.45, 7) is 2.62. The monoisotopic (exact) mass is 475 g/mol. The molecule has 0 saturated carbocycles. The highest BCUT2D eigenvalue weighted by atomic mass is 19.4. The third-order valence-corrected chi connectivity index (χ3v) is 5.57. The molecule has 0 bridgehead atoms. The number of ether oxygens (including phenoxy) is 2. The number of amides is 1. The Balaban J connectivity index is 1.49. The third kappa shape index (κ3) is 5.00. The smallest absolute Gasteiger partial charge is 0.416 e. The van der Waals surface area contributed by atoms with E-state index in [0.29, 0.717) is 29.5 Å². The first-order valence-electron chi connectivity index (χ1n) is 10.9. The largest absolute Gasteiger partial charge is 0.493 e. The molecule has 1 fully saturated rings. The SMILES string of the molecule is CCCOc1ccc(-c2noc(C3CC(=O)N(Cc4ccccc4C(F)(F)F)C3)n2)cc1OC. The van der Waals surface area contributed by atoms with Gasteiger partial charge < -0.3 is 18.9 Å². The van der Waals surface area contributed by atoms with E-state index < -0.39 is 17.7 Å². The molecular weight excluding hydrogens is 451 g/mol. The maximum Gasteiger partial charge on any atom is 0.416 e. The first-order chi connectivity index (χ1) is 16.3. The number of halogens is 3. The predicted octanol–water partition coefficient (Wildman–Crippen LogP) is 5.07. The number of aromatic nitrogens is 2. The third-order valence-electron chi connectivity index (χ3n) is 5.57. The number of rotatable bonds is 8. The van der Waals surface area contributed by atoms with Crippen molar-refractivity contribution in [3.8, 4) is 22.9 Å². The Morgan fingerprint density at radius 3 is 2.71 bits per heavy atom. The molecule has 0 aliphatic carbocycles. The zero-order chi connectivity index (χ0) is 24.3. The first kappa shape index (κ1) is 23.6. The van der Waals surface area contributed by atoms with Crippen LogP contribution in [0.3, 0.4) is 0 Å². The molecule has 7 nitrogen and oxygen atoms in total. The van der Waals surface area contributed by atoms with Crippen molar-refractivity contribution in [2.24, 2.45) is 0 Å². The molecule has 3 aromatic rings. The molecule has 1 amide bonds. The maximum atomic E-state index is 13.3. The Bertz CT molecular complexity index is 1160. The number of carbonyl (C=O) groups excluding carboxylic acids is 1. The molecular formula is C24H24F3N3O4. The highest BCUT2D eigenvalue weighted by Crippen LogP contribution is 2.36. The Morgan fingerprint density at radius 1 is 1.18 bits per heavy atom. The molecule has 1 unspecified atom stereocenters. The number of nitrogens with zero attached hydrogens (tertiary/aromatic N) is 3. The maximum absolute atomic E-state index is 13.3. The topological polar surface area (TPSA) is 77.7 Å². The van der Waals surface area contributed by atoms with Crippen LogP contribution >= 0.6 is 0 Å². The molecule has 2 heterocycles. The average Bonchev–Trinajstić information content (AvgIpc) is 3.44.